The van der Waals surface area contributed by atoms with E-state index in [0.29, 0.717) is 12.1 Å². The highest BCUT2D eigenvalue weighted by Gasteiger charge is 2.06. The van der Waals surface area contributed by atoms with Crippen LogP contribution in [0.4, 0.5) is 5.69 Å². The van der Waals surface area contributed by atoms with Crippen molar-refractivity contribution in [3.8, 4) is 0 Å². The van der Waals surface area contributed by atoms with Crippen molar-refractivity contribution in [2.75, 3.05) is 5.32 Å². The average Bonchev–Trinajstić information content (AvgIpc) is 2.92. The van der Waals surface area contributed by atoms with Gasteiger partial charge in [0.15, 0.2) is 0 Å². The molecule has 5 heteroatoms. The maximum Gasteiger partial charge on any atom is 0.251 e. The van der Waals surface area contributed by atoms with Crippen molar-refractivity contribution < 1.29 is 4.79 Å². The summed E-state index contributed by atoms with van der Waals surface area (Å²) in [5, 5.41) is 10.4. The van der Waals surface area contributed by atoms with Crippen LogP contribution in [0.1, 0.15) is 36.8 Å². The number of benzene rings is 1. The lowest BCUT2D eigenvalue weighted by Gasteiger charge is -2.10. The lowest BCUT2D eigenvalue weighted by atomic mass is 10.2. The van der Waals surface area contributed by atoms with Gasteiger partial charge in [0.25, 0.3) is 5.91 Å². The van der Waals surface area contributed by atoms with E-state index >= 15 is 0 Å². The molecule has 2 aromatic rings. The maximum absolute atomic E-state index is 11.9. The summed E-state index contributed by atoms with van der Waals surface area (Å²) in [6, 6.07) is 9.64. The third-order valence-electron chi connectivity index (χ3n) is 3.14. The van der Waals surface area contributed by atoms with Crippen LogP contribution in [-0.2, 0) is 13.1 Å². The summed E-state index contributed by atoms with van der Waals surface area (Å²) in [5.41, 5.74) is 2.80. The minimum atomic E-state index is -0.0411. The molecule has 0 bridgehead atoms. The summed E-state index contributed by atoms with van der Waals surface area (Å²) in [5.74, 6) is -0.0411. The van der Waals surface area contributed by atoms with Gasteiger partial charge in [-0.1, -0.05) is 0 Å². The van der Waals surface area contributed by atoms with Gasteiger partial charge in [-0.3, -0.25) is 9.48 Å². The lowest BCUT2D eigenvalue weighted by molar-refractivity contribution is 0.0943. The van der Waals surface area contributed by atoms with Gasteiger partial charge in [0.2, 0.25) is 0 Å². The fourth-order valence-corrected chi connectivity index (χ4v) is 2.07. The molecule has 0 saturated carbocycles. The van der Waals surface area contributed by atoms with Gasteiger partial charge < -0.3 is 10.6 Å². The number of nitrogens with zero attached hydrogens (tertiary/aromatic N) is 2. The van der Waals surface area contributed by atoms with E-state index in [9.17, 15) is 4.79 Å². The van der Waals surface area contributed by atoms with Gasteiger partial charge in [0.1, 0.15) is 0 Å². The zero-order valence-electron chi connectivity index (χ0n) is 12.8. The second-order valence-corrected chi connectivity index (χ2v) is 5.20. The third-order valence-corrected chi connectivity index (χ3v) is 3.14. The Balaban J connectivity index is 1.95. The van der Waals surface area contributed by atoms with Gasteiger partial charge in [-0.05, 0) is 51.1 Å². The van der Waals surface area contributed by atoms with Gasteiger partial charge in [0, 0.05) is 30.0 Å². The van der Waals surface area contributed by atoms with Crippen LogP contribution in [0.3, 0.4) is 0 Å². The van der Waals surface area contributed by atoms with Crippen molar-refractivity contribution in [2.45, 2.75) is 39.9 Å². The van der Waals surface area contributed by atoms with Crippen LogP contribution >= 0.6 is 0 Å². The van der Waals surface area contributed by atoms with Crippen LogP contribution in [0.5, 0.6) is 0 Å². The topological polar surface area (TPSA) is 59.0 Å². The summed E-state index contributed by atoms with van der Waals surface area (Å²) in [6.45, 7) is 7.54. The van der Waals surface area contributed by atoms with Crippen LogP contribution in [-0.4, -0.2) is 21.7 Å². The Labute approximate surface area is 125 Å². The molecular weight excluding hydrogens is 264 g/mol. The molecule has 1 aromatic heterocycles. The van der Waals surface area contributed by atoms with Crippen molar-refractivity contribution in [2.24, 2.45) is 0 Å². The van der Waals surface area contributed by atoms with Crippen molar-refractivity contribution >= 4 is 11.6 Å². The molecule has 0 saturated heterocycles. The summed E-state index contributed by atoms with van der Waals surface area (Å²) in [4.78, 5) is 11.9. The molecule has 0 aliphatic heterocycles. The summed E-state index contributed by atoms with van der Waals surface area (Å²) >= 11 is 0. The predicted octanol–water partition coefficient (Wildman–Crippen LogP) is 2.65. The van der Waals surface area contributed by atoms with Crippen LogP contribution in [0.15, 0.2) is 36.5 Å². The third kappa shape index (κ3) is 4.08. The first-order chi connectivity index (χ1) is 10.1. The molecule has 2 rings (SSSR count). The first-order valence-electron chi connectivity index (χ1n) is 7.25. The molecule has 0 aliphatic rings. The molecule has 21 heavy (non-hydrogen) atoms. The van der Waals surface area contributed by atoms with E-state index in [4.69, 9.17) is 0 Å². The highest BCUT2D eigenvalue weighted by molar-refractivity contribution is 5.94. The Bertz CT molecular complexity index is 587. The molecule has 0 spiro atoms. The molecule has 1 amide bonds. The number of hydrogen-bond donors (Lipinski definition) is 2. The number of rotatable bonds is 6. The first kappa shape index (κ1) is 15.1. The molecule has 112 valence electrons. The maximum atomic E-state index is 11.9. The van der Waals surface area contributed by atoms with Crippen molar-refractivity contribution in [3.05, 3.63) is 47.8 Å². The fraction of sp³-hybridized carbons (Fsp3) is 0.375. The zero-order valence-corrected chi connectivity index (χ0v) is 12.8. The molecule has 5 nitrogen and oxygen atoms in total. The Hall–Kier alpha value is -2.30. The molecule has 0 fully saturated rings. The zero-order chi connectivity index (χ0) is 15.2. The van der Waals surface area contributed by atoms with Gasteiger partial charge in [-0.2, -0.15) is 5.10 Å². The van der Waals surface area contributed by atoms with E-state index < -0.39 is 0 Å². The van der Waals surface area contributed by atoms with Gasteiger partial charge in [-0.15, -0.1) is 0 Å². The Kier molecular flexibility index (Phi) is 4.98. The smallest absolute Gasteiger partial charge is 0.251 e. The molecule has 0 atom stereocenters. The van der Waals surface area contributed by atoms with Crippen molar-refractivity contribution in [3.63, 3.8) is 0 Å². The summed E-state index contributed by atoms with van der Waals surface area (Å²) in [7, 11) is 0. The van der Waals surface area contributed by atoms with E-state index in [1.807, 2.05) is 48.9 Å². The monoisotopic (exact) mass is 286 g/mol. The second kappa shape index (κ2) is 6.92. The highest BCUT2D eigenvalue weighted by atomic mass is 16.1. The number of carbonyl (C=O) groups is 1. The van der Waals surface area contributed by atoms with Crippen LogP contribution in [0.25, 0.3) is 0 Å². The highest BCUT2D eigenvalue weighted by Crippen LogP contribution is 2.11. The average molecular weight is 286 g/mol. The number of aromatic nitrogens is 2. The predicted molar refractivity (Wildman–Crippen MR) is 84.3 cm³/mol. The van der Waals surface area contributed by atoms with Gasteiger partial charge in [0.05, 0.1) is 12.2 Å². The minimum Gasteiger partial charge on any atom is -0.379 e. The van der Waals surface area contributed by atoms with Gasteiger partial charge >= 0.3 is 0 Å². The number of carbonyl (C=O) groups excluding carboxylic acids is 1. The van der Waals surface area contributed by atoms with E-state index in [1.54, 1.807) is 6.20 Å². The second-order valence-electron chi connectivity index (χ2n) is 5.20. The van der Waals surface area contributed by atoms with Crippen molar-refractivity contribution in [1.29, 1.82) is 0 Å². The fourth-order valence-electron chi connectivity index (χ4n) is 2.07. The van der Waals surface area contributed by atoms with E-state index in [1.165, 1.54) is 0 Å². The quantitative estimate of drug-likeness (QED) is 0.858. The summed E-state index contributed by atoms with van der Waals surface area (Å²) < 4.78 is 1.96. The van der Waals surface area contributed by atoms with Crippen LogP contribution in [0.2, 0.25) is 0 Å². The number of amides is 1. The molecule has 2 N–H and O–H groups in total. The molecule has 1 heterocycles. The number of nitrogens with one attached hydrogen (secondary N) is 2. The number of hydrogen-bond acceptors (Lipinski definition) is 3. The van der Waals surface area contributed by atoms with E-state index in [0.717, 1.165) is 17.9 Å². The van der Waals surface area contributed by atoms with Crippen LogP contribution < -0.4 is 10.6 Å². The van der Waals surface area contributed by atoms with E-state index in [-0.39, 0.29) is 11.9 Å². The van der Waals surface area contributed by atoms with E-state index in [2.05, 4.69) is 22.7 Å². The standard InChI is InChI=1S/C16H22N4O/c1-4-20-15(9-10-18-20)11-17-14-7-5-13(6-8-14)16(21)19-12(2)3/h5-10,12,17H,4,11H2,1-3H3,(H,19,21). The van der Waals surface area contributed by atoms with Gasteiger partial charge in [-0.25, -0.2) is 0 Å². The number of anilines is 1. The largest absolute Gasteiger partial charge is 0.379 e. The first-order valence-corrected chi connectivity index (χ1v) is 7.25. The van der Waals surface area contributed by atoms with Crippen molar-refractivity contribution in [1.82, 2.24) is 15.1 Å². The molecular formula is C16H22N4O. The molecule has 1 aromatic carbocycles. The minimum absolute atomic E-state index is 0.0411. The van der Waals surface area contributed by atoms with Crippen LogP contribution in [0, 0.1) is 0 Å². The summed E-state index contributed by atoms with van der Waals surface area (Å²) in [6.07, 6.45) is 1.81. The Morgan fingerprint density at radius 2 is 1.95 bits per heavy atom. The Morgan fingerprint density at radius 1 is 1.24 bits per heavy atom. The molecule has 0 radical (unpaired) electrons. The Morgan fingerprint density at radius 3 is 2.57 bits per heavy atom. The SMILES string of the molecule is CCn1nccc1CNc1ccc(C(=O)NC(C)C)cc1. The molecule has 0 unspecified atom stereocenters. The number of aryl methyl sites for hydroxylation is 1. The molecule has 0 aliphatic carbocycles. The lowest BCUT2D eigenvalue weighted by Crippen LogP contribution is -2.29. The normalized spacial score (nSPS) is 10.7.